The van der Waals surface area contributed by atoms with Gasteiger partial charge in [0.05, 0.1) is 27.4 Å². The van der Waals surface area contributed by atoms with Gasteiger partial charge in [-0.05, 0) is 17.7 Å². The summed E-state index contributed by atoms with van der Waals surface area (Å²) in [4.78, 5) is 0. The molecule has 1 aromatic carbocycles. The Balaban J connectivity index is 3.07. The average molecular weight is 309 g/mol. The van der Waals surface area contributed by atoms with Gasteiger partial charge in [-0.1, -0.05) is 0 Å². The van der Waals surface area contributed by atoms with Crippen molar-refractivity contribution in [1.82, 2.24) is 0 Å². The molecule has 0 amide bonds. The number of hydrogen-bond acceptors (Lipinski definition) is 5. The van der Waals surface area contributed by atoms with Gasteiger partial charge in [-0.3, -0.25) is 0 Å². The Morgan fingerprint density at radius 3 is 1.90 bits per heavy atom. The molecule has 0 spiro atoms. The highest BCUT2D eigenvalue weighted by molar-refractivity contribution is 5.54. The van der Waals surface area contributed by atoms with Crippen molar-refractivity contribution in [2.24, 2.45) is 5.73 Å². The predicted octanol–water partition coefficient (Wildman–Crippen LogP) is 2.03. The van der Waals surface area contributed by atoms with Crippen LogP contribution in [0.15, 0.2) is 12.1 Å². The second-order valence-electron chi connectivity index (χ2n) is 4.36. The molecule has 0 saturated carbocycles. The van der Waals surface area contributed by atoms with Gasteiger partial charge in [0.1, 0.15) is 6.04 Å². The van der Waals surface area contributed by atoms with Crippen LogP contribution in [0.25, 0.3) is 0 Å². The number of rotatable bonds is 6. The van der Waals surface area contributed by atoms with Gasteiger partial charge in [0.2, 0.25) is 5.75 Å². The van der Waals surface area contributed by atoms with E-state index in [1.807, 2.05) is 0 Å². The maximum atomic E-state index is 12.4. The molecule has 0 aliphatic heterocycles. The molecule has 5 nitrogen and oxygen atoms in total. The predicted molar refractivity (Wildman–Crippen MR) is 69.7 cm³/mol. The van der Waals surface area contributed by atoms with Crippen molar-refractivity contribution in [2.45, 2.75) is 24.7 Å². The molecule has 0 heterocycles. The van der Waals surface area contributed by atoms with E-state index in [1.165, 1.54) is 33.5 Å². The quantitative estimate of drug-likeness (QED) is 0.841. The molecule has 0 bridgehead atoms. The summed E-state index contributed by atoms with van der Waals surface area (Å²) in [5.41, 5.74) is 5.21. The summed E-state index contributed by atoms with van der Waals surface area (Å²) in [6, 6.07) is 0.649. The monoisotopic (exact) mass is 309 g/mol. The standard InChI is InChI=1S/C13H18F3NO4/c1-19-9-4-7(5-10(20-2)12(9)21-3)8(18)6-11(17)13(14,15)16/h4-5,8,11,18H,6,17H2,1-3H3/t8-,11-/m0/s1. The molecule has 0 fully saturated rings. The van der Waals surface area contributed by atoms with Gasteiger partial charge in [0.15, 0.2) is 11.5 Å². The molecule has 0 radical (unpaired) electrons. The van der Waals surface area contributed by atoms with Crippen molar-refractivity contribution in [3.05, 3.63) is 17.7 Å². The van der Waals surface area contributed by atoms with Crippen LogP contribution >= 0.6 is 0 Å². The van der Waals surface area contributed by atoms with E-state index in [0.717, 1.165) is 0 Å². The van der Waals surface area contributed by atoms with Gasteiger partial charge in [-0.25, -0.2) is 0 Å². The Labute approximate surface area is 120 Å². The number of aliphatic hydroxyl groups is 1. The minimum atomic E-state index is -4.57. The summed E-state index contributed by atoms with van der Waals surface area (Å²) >= 11 is 0. The fourth-order valence-electron chi connectivity index (χ4n) is 1.80. The smallest absolute Gasteiger partial charge is 0.403 e. The number of halogens is 3. The zero-order valence-electron chi connectivity index (χ0n) is 11.9. The summed E-state index contributed by atoms with van der Waals surface area (Å²) in [6.07, 6.45) is -6.64. The number of nitrogens with two attached hydrogens (primary N) is 1. The second kappa shape index (κ2) is 6.86. The van der Waals surface area contributed by atoms with Gasteiger partial charge >= 0.3 is 6.18 Å². The lowest BCUT2D eigenvalue weighted by molar-refractivity contribution is -0.153. The molecular formula is C13H18F3NO4. The Morgan fingerprint density at radius 2 is 1.57 bits per heavy atom. The normalized spacial score (nSPS) is 14.5. The van der Waals surface area contributed by atoms with Crippen LogP contribution < -0.4 is 19.9 Å². The van der Waals surface area contributed by atoms with Crippen LogP contribution in [-0.4, -0.2) is 38.7 Å². The van der Waals surface area contributed by atoms with Crippen LogP contribution in [0.2, 0.25) is 0 Å². The van der Waals surface area contributed by atoms with E-state index in [1.54, 1.807) is 0 Å². The number of ether oxygens (including phenoxy) is 3. The maximum absolute atomic E-state index is 12.4. The minimum Gasteiger partial charge on any atom is -0.493 e. The van der Waals surface area contributed by atoms with Gasteiger partial charge in [-0.2, -0.15) is 13.2 Å². The third-order valence-corrected chi connectivity index (χ3v) is 2.97. The highest BCUT2D eigenvalue weighted by Gasteiger charge is 2.38. The molecule has 2 atom stereocenters. The summed E-state index contributed by atoms with van der Waals surface area (Å²) in [5.74, 6) is 0.772. The zero-order chi connectivity index (χ0) is 16.2. The van der Waals surface area contributed by atoms with Gasteiger partial charge in [0.25, 0.3) is 0 Å². The first-order valence-electron chi connectivity index (χ1n) is 6.04. The molecule has 8 heteroatoms. The van der Waals surface area contributed by atoms with Crippen molar-refractivity contribution >= 4 is 0 Å². The van der Waals surface area contributed by atoms with Crippen molar-refractivity contribution in [1.29, 1.82) is 0 Å². The molecule has 0 unspecified atom stereocenters. The van der Waals surface area contributed by atoms with Crippen LogP contribution in [0.1, 0.15) is 18.1 Å². The van der Waals surface area contributed by atoms with E-state index < -0.39 is 24.7 Å². The SMILES string of the molecule is COc1cc([C@@H](O)C[C@H](N)C(F)(F)F)cc(OC)c1OC. The van der Waals surface area contributed by atoms with Crippen LogP contribution in [-0.2, 0) is 0 Å². The molecule has 0 aliphatic rings. The number of aliphatic hydroxyl groups excluding tert-OH is 1. The molecule has 0 aliphatic carbocycles. The Kier molecular flexibility index (Phi) is 5.68. The first-order chi connectivity index (χ1) is 9.74. The molecular weight excluding hydrogens is 291 g/mol. The molecule has 0 saturated heterocycles. The van der Waals surface area contributed by atoms with Gasteiger partial charge in [-0.15, -0.1) is 0 Å². The zero-order valence-corrected chi connectivity index (χ0v) is 11.9. The second-order valence-corrected chi connectivity index (χ2v) is 4.36. The van der Waals surface area contributed by atoms with E-state index in [-0.39, 0.29) is 22.8 Å². The van der Waals surface area contributed by atoms with Crippen LogP contribution in [0.3, 0.4) is 0 Å². The van der Waals surface area contributed by atoms with E-state index in [0.29, 0.717) is 0 Å². The molecule has 21 heavy (non-hydrogen) atoms. The summed E-state index contributed by atoms with van der Waals surface area (Å²) in [5, 5.41) is 9.93. The fourth-order valence-corrected chi connectivity index (χ4v) is 1.80. The fraction of sp³-hybridized carbons (Fsp3) is 0.538. The average Bonchev–Trinajstić information content (AvgIpc) is 2.44. The van der Waals surface area contributed by atoms with E-state index in [4.69, 9.17) is 19.9 Å². The van der Waals surface area contributed by atoms with Crippen LogP contribution in [0, 0.1) is 0 Å². The highest BCUT2D eigenvalue weighted by atomic mass is 19.4. The van der Waals surface area contributed by atoms with Crippen LogP contribution in [0.5, 0.6) is 17.2 Å². The Hall–Kier alpha value is -1.67. The topological polar surface area (TPSA) is 73.9 Å². The van der Waals surface area contributed by atoms with Gasteiger partial charge in [0, 0.05) is 6.42 Å². The van der Waals surface area contributed by atoms with Crippen molar-refractivity contribution < 1.29 is 32.5 Å². The summed E-state index contributed by atoms with van der Waals surface area (Å²) in [6.45, 7) is 0. The molecule has 0 aromatic heterocycles. The maximum Gasteiger partial charge on any atom is 0.403 e. The first-order valence-corrected chi connectivity index (χ1v) is 6.04. The summed E-state index contributed by atoms with van der Waals surface area (Å²) in [7, 11) is 4.14. The number of hydrogen-bond donors (Lipinski definition) is 2. The van der Waals surface area contributed by atoms with Gasteiger partial charge < -0.3 is 25.1 Å². The molecule has 1 aromatic rings. The number of benzene rings is 1. The first kappa shape index (κ1) is 17.4. The van der Waals surface area contributed by atoms with E-state index in [9.17, 15) is 18.3 Å². The van der Waals surface area contributed by atoms with E-state index >= 15 is 0 Å². The van der Waals surface area contributed by atoms with Crippen LogP contribution in [0.4, 0.5) is 13.2 Å². The molecule has 120 valence electrons. The van der Waals surface area contributed by atoms with Crippen molar-refractivity contribution in [3.8, 4) is 17.2 Å². The number of alkyl halides is 3. The Morgan fingerprint density at radius 1 is 1.10 bits per heavy atom. The third-order valence-electron chi connectivity index (χ3n) is 2.97. The lowest BCUT2D eigenvalue weighted by Crippen LogP contribution is -2.38. The largest absolute Gasteiger partial charge is 0.493 e. The third kappa shape index (κ3) is 4.15. The highest BCUT2D eigenvalue weighted by Crippen LogP contribution is 2.40. The van der Waals surface area contributed by atoms with Crippen molar-refractivity contribution in [2.75, 3.05) is 21.3 Å². The lowest BCUT2D eigenvalue weighted by atomic mass is 10.0. The molecule has 1 rings (SSSR count). The Bertz CT molecular complexity index is 454. The van der Waals surface area contributed by atoms with E-state index in [2.05, 4.69) is 0 Å². The van der Waals surface area contributed by atoms with Crippen molar-refractivity contribution in [3.63, 3.8) is 0 Å². The summed E-state index contributed by atoms with van der Waals surface area (Å²) < 4.78 is 52.5. The molecule has 3 N–H and O–H groups in total. The number of methoxy groups -OCH3 is 3. The minimum absolute atomic E-state index is 0.198. The lowest BCUT2D eigenvalue weighted by Gasteiger charge is -2.21.